The van der Waals surface area contributed by atoms with E-state index in [2.05, 4.69) is 18.7 Å². The van der Waals surface area contributed by atoms with E-state index in [9.17, 15) is 9.18 Å². The SMILES string of the molecule is CC(=O)c1c(F)cccc1N1CCC(C(C)C)C1. The molecule has 1 aromatic rings. The van der Waals surface area contributed by atoms with Gasteiger partial charge in [0.15, 0.2) is 5.78 Å². The average molecular weight is 249 g/mol. The second-order valence-corrected chi connectivity index (χ2v) is 5.43. The van der Waals surface area contributed by atoms with E-state index in [0.717, 1.165) is 25.2 Å². The Morgan fingerprint density at radius 3 is 2.72 bits per heavy atom. The molecule has 1 saturated heterocycles. The van der Waals surface area contributed by atoms with Crippen LogP contribution in [0.25, 0.3) is 0 Å². The number of benzene rings is 1. The van der Waals surface area contributed by atoms with Gasteiger partial charge in [-0.25, -0.2) is 4.39 Å². The number of hydrogen-bond acceptors (Lipinski definition) is 2. The molecule has 0 N–H and O–H groups in total. The third kappa shape index (κ3) is 2.40. The molecule has 2 nitrogen and oxygen atoms in total. The Bertz CT molecular complexity index is 456. The molecule has 0 spiro atoms. The van der Waals surface area contributed by atoms with Gasteiger partial charge in [-0.2, -0.15) is 0 Å². The van der Waals surface area contributed by atoms with Gasteiger partial charge in [-0.1, -0.05) is 19.9 Å². The fourth-order valence-corrected chi connectivity index (χ4v) is 2.68. The van der Waals surface area contributed by atoms with Gasteiger partial charge in [-0.05, 0) is 37.3 Å². The fraction of sp³-hybridized carbons (Fsp3) is 0.533. The van der Waals surface area contributed by atoms with Crippen LogP contribution in [0.1, 0.15) is 37.6 Å². The van der Waals surface area contributed by atoms with Crippen LogP contribution in [0.15, 0.2) is 18.2 Å². The molecule has 0 saturated carbocycles. The van der Waals surface area contributed by atoms with Crippen molar-refractivity contribution in [2.75, 3.05) is 18.0 Å². The van der Waals surface area contributed by atoms with Gasteiger partial charge in [-0.3, -0.25) is 4.79 Å². The third-order valence-electron chi connectivity index (χ3n) is 3.85. The summed E-state index contributed by atoms with van der Waals surface area (Å²) >= 11 is 0. The predicted molar refractivity (Wildman–Crippen MR) is 71.6 cm³/mol. The summed E-state index contributed by atoms with van der Waals surface area (Å²) in [5.74, 6) is 0.654. The Morgan fingerprint density at radius 1 is 1.44 bits per heavy atom. The van der Waals surface area contributed by atoms with Gasteiger partial charge in [-0.15, -0.1) is 0 Å². The third-order valence-corrected chi connectivity index (χ3v) is 3.85. The summed E-state index contributed by atoms with van der Waals surface area (Å²) in [5.41, 5.74) is 0.993. The van der Waals surface area contributed by atoms with E-state index in [-0.39, 0.29) is 11.3 Å². The van der Waals surface area contributed by atoms with Crippen LogP contribution in [-0.2, 0) is 0 Å². The van der Waals surface area contributed by atoms with Crippen LogP contribution in [0.5, 0.6) is 0 Å². The number of rotatable bonds is 3. The number of Topliss-reactive ketones (excluding diaryl/α,β-unsaturated/α-hetero) is 1. The van der Waals surface area contributed by atoms with Crippen LogP contribution in [-0.4, -0.2) is 18.9 Å². The van der Waals surface area contributed by atoms with Crippen LogP contribution < -0.4 is 4.90 Å². The lowest BCUT2D eigenvalue weighted by atomic mass is 9.95. The first-order valence-electron chi connectivity index (χ1n) is 6.55. The van der Waals surface area contributed by atoms with Crippen molar-refractivity contribution < 1.29 is 9.18 Å². The second kappa shape index (κ2) is 5.09. The smallest absolute Gasteiger partial charge is 0.164 e. The van der Waals surface area contributed by atoms with Gasteiger partial charge in [0.05, 0.1) is 11.3 Å². The summed E-state index contributed by atoms with van der Waals surface area (Å²) in [6.07, 6.45) is 1.12. The number of ketones is 1. The highest BCUT2D eigenvalue weighted by Crippen LogP contribution is 2.31. The fourth-order valence-electron chi connectivity index (χ4n) is 2.68. The number of nitrogens with zero attached hydrogens (tertiary/aromatic N) is 1. The molecule has 98 valence electrons. The highest BCUT2D eigenvalue weighted by atomic mass is 19.1. The largest absolute Gasteiger partial charge is 0.371 e. The molecule has 0 aromatic heterocycles. The Hall–Kier alpha value is -1.38. The number of halogens is 1. The van der Waals surface area contributed by atoms with Crippen molar-refractivity contribution in [1.29, 1.82) is 0 Å². The molecule has 1 aliphatic heterocycles. The minimum Gasteiger partial charge on any atom is -0.371 e. The van der Waals surface area contributed by atoms with E-state index in [1.54, 1.807) is 6.07 Å². The first-order valence-corrected chi connectivity index (χ1v) is 6.55. The molecule has 1 heterocycles. The summed E-state index contributed by atoms with van der Waals surface area (Å²) in [6, 6.07) is 4.89. The van der Waals surface area contributed by atoms with Gasteiger partial charge in [0.2, 0.25) is 0 Å². The minimum atomic E-state index is -0.409. The van der Waals surface area contributed by atoms with Crippen molar-refractivity contribution in [3.63, 3.8) is 0 Å². The Morgan fingerprint density at radius 2 is 2.17 bits per heavy atom. The normalized spacial score (nSPS) is 19.6. The van der Waals surface area contributed by atoms with Gasteiger partial charge < -0.3 is 4.90 Å². The molecule has 0 bridgehead atoms. The van der Waals surface area contributed by atoms with Crippen LogP contribution in [0.3, 0.4) is 0 Å². The Labute approximate surface area is 108 Å². The maximum absolute atomic E-state index is 13.8. The van der Waals surface area contributed by atoms with Crippen molar-refractivity contribution in [3.8, 4) is 0 Å². The van der Waals surface area contributed by atoms with Gasteiger partial charge in [0, 0.05) is 13.1 Å². The van der Waals surface area contributed by atoms with Crippen LogP contribution in [0.2, 0.25) is 0 Å². The van der Waals surface area contributed by atoms with Gasteiger partial charge >= 0.3 is 0 Å². The van der Waals surface area contributed by atoms with E-state index in [1.807, 2.05) is 6.07 Å². The summed E-state index contributed by atoms with van der Waals surface area (Å²) in [4.78, 5) is 13.7. The molecule has 1 aliphatic rings. The highest BCUT2D eigenvalue weighted by Gasteiger charge is 2.27. The topological polar surface area (TPSA) is 20.3 Å². The maximum atomic E-state index is 13.8. The van der Waals surface area contributed by atoms with E-state index in [1.165, 1.54) is 13.0 Å². The lowest BCUT2D eigenvalue weighted by Crippen LogP contribution is -2.23. The molecule has 1 unspecified atom stereocenters. The molecule has 0 aliphatic carbocycles. The maximum Gasteiger partial charge on any atom is 0.164 e. The molecule has 1 atom stereocenters. The molecule has 18 heavy (non-hydrogen) atoms. The van der Waals surface area contributed by atoms with Crippen LogP contribution in [0, 0.1) is 17.7 Å². The molecule has 1 fully saturated rings. The number of carbonyl (C=O) groups is 1. The predicted octanol–water partition coefficient (Wildman–Crippen LogP) is 3.51. The highest BCUT2D eigenvalue weighted by molar-refractivity contribution is 6.00. The molecule has 0 amide bonds. The molecule has 1 aromatic carbocycles. The van der Waals surface area contributed by atoms with Gasteiger partial charge in [0.25, 0.3) is 0 Å². The van der Waals surface area contributed by atoms with Crippen molar-refractivity contribution in [1.82, 2.24) is 0 Å². The van der Waals surface area contributed by atoms with Gasteiger partial charge in [0.1, 0.15) is 5.82 Å². The number of carbonyl (C=O) groups excluding carboxylic acids is 1. The zero-order valence-corrected chi connectivity index (χ0v) is 11.2. The lowest BCUT2D eigenvalue weighted by Gasteiger charge is -2.22. The van der Waals surface area contributed by atoms with E-state index < -0.39 is 5.82 Å². The summed E-state index contributed by atoms with van der Waals surface area (Å²) in [5, 5.41) is 0. The van der Waals surface area contributed by atoms with E-state index in [0.29, 0.717) is 11.8 Å². The monoisotopic (exact) mass is 249 g/mol. The zero-order chi connectivity index (χ0) is 13.3. The average Bonchev–Trinajstić information content (AvgIpc) is 2.77. The van der Waals surface area contributed by atoms with Crippen molar-refractivity contribution >= 4 is 11.5 Å². The first kappa shape index (κ1) is 13.1. The number of hydrogen-bond donors (Lipinski definition) is 0. The molecule has 3 heteroatoms. The van der Waals surface area contributed by atoms with Crippen LogP contribution in [0.4, 0.5) is 10.1 Å². The van der Waals surface area contributed by atoms with E-state index in [4.69, 9.17) is 0 Å². The standard InChI is InChI=1S/C15H20FNO/c1-10(2)12-7-8-17(9-12)14-6-4-5-13(16)15(14)11(3)18/h4-6,10,12H,7-9H2,1-3H3. The Balaban J connectivity index is 2.30. The second-order valence-electron chi connectivity index (χ2n) is 5.43. The molecule has 2 rings (SSSR count). The molecular weight excluding hydrogens is 229 g/mol. The zero-order valence-electron chi connectivity index (χ0n) is 11.2. The van der Waals surface area contributed by atoms with E-state index >= 15 is 0 Å². The summed E-state index contributed by atoms with van der Waals surface area (Å²) in [6.45, 7) is 7.68. The summed E-state index contributed by atoms with van der Waals surface area (Å²) in [7, 11) is 0. The quantitative estimate of drug-likeness (QED) is 0.764. The molecule has 0 radical (unpaired) electrons. The molecular formula is C15H20FNO. The number of anilines is 1. The lowest BCUT2D eigenvalue weighted by molar-refractivity contribution is 0.101. The van der Waals surface area contributed by atoms with Crippen molar-refractivity contribution in [2.24, 2.45) is 11.8 Å². The first-order chi connectivity index (χ1) is 8.50. The summed E-state index contributed by atoms with van der Waals surface area (Å²) < 4.78 is 13.8. The minimum absolute atomic E-state index is 0.198. The van der Waals surface area contributed by atoms with Crippen LogP contribution >= 0.6 is 0 Å². The van der Waals surface area contributed by atoms with Crippen molar-refractivity contribution in [2.45, 2.75) is 27.2 Å². The van der Waals surface area contributed by atoms with Crippen molar-refractivity contribution in [3.05, 3.63) is 29.6 Å². The Kier molecular flexibility index (Phi) is 3.69.